The lowest BCUT2D eigenvalue weighted by Crippen LogP contribution is -2.43. The Balaban J connectivity index is 1.14. The van der Waals surface area contributed by atoms with Gasteiger partial charge >= 0.3 is 0 Å². The maximum Gasteiger partial charge on any atom is 0.204 e. The third-order valence-electron chi connectivity index (χ3n) is 9.74. The molecule has 3 aliphatic rings. The van der Waals surface area contributed by atoms with Crippen LogP contribution in [-0.4, -0.2) is 92.3 Å². The molecule has 1 aromatic heterocycles. The highest BCUT2D eigenvalue weighted by molar-refractivity contribution is 5.77. The zero-order valence-corrected chi connectivity index (χ0v) is 24.6. The van der Waals surface area contributed by atoms with Gasteiger partial charge in [0.1, 0.15) is 0 Å². The first-order chi connectivity index (χ1) is 19.9. The topological polar surface area (TPSA) is 62.5 Å². The number of nitrogens with zero attached hydrogens (tertiary/aromatic N) is 4. The van der Waals surface area contributed by atoms with E-state index in [-0.39, 0.29) is 0 Å². The molecule has 2 aliphatic carbocycles. The van der Waals surface area contributed by atoms with Gasteiger partial charge in [-0.05, 0) is 75.2 Å². The summed E-state index contributed by atoms with van der Waals surface area (Å²) in [6.07, 6.45) is 5.60. The largest absolute Gasteiger partial charge is 0.339 e. The zero-order chi connectivity index (χ0) is 28.4. The molecule has 0 bridgehead atoms. The van der Waals surface area contributed by atoms with Crippen molar-refractivity contribution in [2.24, 2.45) is 5.92 Å². The monoisotopic (exact) mass is 565 g/mol. The minimum Gasteiger partial charge on any atom is -0.339 e. The van der Waals surface area contributed by atoms with Crippen molar-refractivity contribution in [3.8, 4) is 0 Å². The quantitative estimate of drug-likeness (QED) is 0.288. The van der Waals surface area contributed by atoms with Gasteiger partial charge in [0.25, 0.3) is 0 Å². The van der Waals surface area contributed by atoms with Gasteiger partial charge in [-0.1, -0.05) is 24.3 Å². The highest BCUT2D eigenvalue weighted by atomic mass is 19.2. The molecule has 0 amide bonds. The highest BCUT2D eigenvalue weighted by Gasteiger charge is 2.58. The van der Waals surface area contributed by atoms with Crippen LogP contribution in [0, 0.1) is 17.6 Å². The molecule has 3 atom stereocenters. The Labute approximate surface area is 242 Å². The van der Waals surface area contributed by atoms with Crippen molar-refractivity contribution >= 4 is 17.0 Å². The number of hydrogen-bond donors (Lipinski definition) is 3. The molecule has 1 aliphatic heterocycles. The second-order valence-electron chi connectivity index (χ2n) is 12.5. The third kappa shape index (κ3) is 6.28. The lowest BCUT2D eigenvalue weighted by molar-refractivity contribution is 0.148. The molecule has 222 valence electrons. The number of benzene rings is 2. The van der Waals surface area contributed by atoms with E-state index < -0.39 is 11.6 Å². The minimum atomic E-state index is -0.855. The fraction of sp³-hybridized carbons (Fsp3) is 0.594. The van der Waals surface area contributed by atoms with Crippen LogP contribution in [0.4, 0.5) is 14.7 Å². The van der Waals surface area contributed by atoms with Crippen molar-refractivity contribution in [1.29, 1.82) is 0 Å². The van der Waals surface area contributed by atoms with Crippen LogP contribution in [0.15, 0.2) is 36.4 Å². The van der Waals surface area contributed by atoms with Gasteiger partial charge in [0, 0.05) is 70.5 Å². The Hall–Kier alpha value is -2.59. The molecule has 2 aromatic carbocycles. The van der Waals surface area contributed by atoms with Crippen LogP contribution in [-0.2, 0) is 12.0 Å². The smallest absolute Gasteiger partial charge is 0.204 e. The summed E-state index contributed by atoms with van der Waals surface area (Å²) in [7, 11) is 4.17. The SMILES string of the molecule is CNCCNCCCN(c1nc2cc(F)c(F)cc2[nH]1)[C@@H]1CC[C@]2(c3cccc(CN4CCN(C)CC4)c3)CC2C1. The molecule has 0 radical (unpaired) electrons. The van der Waals surface area contributed by atoms with Crippen LogP contribution in [0.5, 0.6) is 0 Å². The number of imidazole rings is 1. The number of fused-ring (bicyclic) bond motifs is 2. The van der Waals surface area contributed by atoms with Crippen LogP contribution in [0.1, 0.15) is 43.2 Å². The maximum absolute atomic E-state index is 13.9. The van der Waals surface area contributed by atoms with Crippen LogP contribution >= 0.6 is 0 Å². The number of H-pyrrole nitrogens is 1. The molecule has 0 spiro atoms. The number of anilines is 1. The van der Waals surface area contributed by atoms with Crippen molar-refractivity contribution in [2.45, 2.75) is 50.1 Å². The molecule has 6 rings (SSSR count). The first-order valence-corrected chi connectivity index (χ1v) is 15.4. The number of nitrogens with one attached hydrogen (secondary N) is 3. The van der Waals surface area contributed by atoms with Crippen LogP contribution < -0.4 is 15.5 Å². The van der Waals surface area contributed by atoms with Crippen molar-refractivity contribution < 1.29 is 8.78 Å². The summed E-state index contributed by atoms with van der Waals surface area (Å²) in [6.45, 7) is 9.24. The summed E-state index contributed by atoms with van der Waals surface area (Å²) in [5, 5.41) is 6.66. The molecule has 2 heterocycles. The van der Waals surface area contributed by atoms with Gasteiger partial charge in [-0.15, -0.1) is 0 Å². The molecule has 3 fully saturated rings. The number of rotatable bonds is 12. The standard InChI is InChI=1S/C32H45F2N7/c1-35-10-11-36-9-4-12-41(31-37-29-19-27(33)28(34)20-30(29)38-31)26-7-8-32(21-25(32)18-26)24-6-3-5-23(17-24)22-40-15-13-39(2)14-16-40/h3,5-6,17,19-20,25-26,35-36H,4,7-16,18,21-22H2,1-2H3,(H,37,38)/t25?,26-,32-/m1/s1. The molecule has 1 saturated heterocycles. The predicted octanol–water partition coefficient (Wildman–Crippen LogP) is 4.10. The second-order valence-corrected chi connectivity index (χ2v) is 12.5. The molecule has 3 aromatic rings. The predicted molar refractivity (Wildman–Crippen MR) is 161 cm³/mol. The molecular weight excluding hydrogens is 520 g/mol. The first kappa shape index (κ1) is 28.5. The van der Waals surface area contributed by atoms with Crippen molar-refractivity contribution in [3.63, 3.8) is 0 Å². The highest BCUT2D eigenvalue weighted by Crippen LogP contribution is 2.63. The number of hydrogen-bond acceptors (Lipinski definition) is 6. The number of aromatic amines is 1. The number of likely N-dealkylation sites (N-methyl/N-ethyl adjacent to an activating group) is 2. The van der Waals surface area contributed by atoms with Crippen LogP contribution in [0.3, 0.4) is 0 Å². The molecule has 9 heteroatoms. The molecule has 3 N–H and O–H groups in total. The Kier molecular flexibility index (Phi) is 8.58. The van der Waals surface area contributed by atoms with Gasteiger partial charge in [0.15, 0.2) is 11.6 Å². The van der Waals surface area contributed by atoms with E-state index >= 15 is 0 Å². The molecule has 7 nitrogen and oxygen atoms in total. The molecule has 1 unspecified atom stereocenters. The first-order valence-electron chi connectivity index (χ1n) is 15.4. The Morgan fingerprint density at radius 2 is 1.90 bits per heavy atom. The Bertz CT molecular complexity index is 1280. The normalized spacial score (nSPS) is 25.0. The second kappa shape index (κ2) is 12.3. The van der Waals surface area contributed by atoms with Gasteiger partial charge in [-0.3, -0.25) is 4.90 Å². The van der Waals surface area contributed by atoms with E-state index in [9.17, 15) is 8.78 Å². The van der Waals surface area contributed by atoms with Gasteiger partial charge in [-0.25, -0.2) is 13.8 Å². The van der Waals surface area contributed by atoms with E-state index in [0.717, 1.165) is 84.1 Å². The Morgan fingerprint density at radius 3 is 2.71 bits per heavy atom. The van der Waals surface area contributed by atoms with E-state index in [2.05, 4.69) is 61.6 Å². The van der Waals surface area contributed by atoms with Crippen molar-refractivity contribution in [2.75, 3.05) is 71.4 Å². The van der Waals surface area contributed by atoms with Gasteiger partial charge < -0.3 is 25.4 Å². The van der Waals surface area contributed by atoms with E-state index in [1.165, 1.54) is 36.1 Å². The summed E-state index contributed by atoms with van der Waals surface area (Å²) >= 11 is 0. The zero-order valence-electron chi connectivity index (χ0n) is 24.6. The average molecular weight is 566 g/mol. The maximum atomic E-state index is 13.9. The van der Waals surface area contributed by atoms with Crippen molar-refractivity contribution in [1.82, 2.24) is 30.4 Å². The lowest BCUT2D eigenvalue weighted by atomic mass is 9.80. The van der Waals surface area contributed by atoms with E-state index in [4.69, 9.17) is 4.98 Å². The summed E-state index contributed by atoms with van der Waals surface area (Å²) in [5.41, 5.74) is 4.27. The van der Waals surface area contributed by atoms with Gasteiger partial charge in [-0.2, -0.15) is 0 Å². The fourth-order valence-electron chi connectivity index (χ4n) is 7.19. The number of aromatic nitrogens is 2. The van der Waals surface area contributed by atoms with E-state index in [1.54, 1.807) is 0 Å². The minimum absolute atomic E-state index is 0.301. The Morgan fingerprint density at radius 1 is 1.07 bits per heavy atom. The third-order valence-corrected chi connectivity index (χ3v) is 9.74. The van der Waals surface area contributed by atoms with Crippen LogP contribution in [0.25, 0.3) is 11.0 Å². The fourth-order valence-corrected chi connectivity index (χ4v) is 7.19. The summed E-state index contributed by atoms with van der Waals surface area (Å²) in [5.74, 6) is -0.308. The van der Waals surface area contributed by atoms with Gasteiger partial charge in [0.05, 0.1) is 11.0 Å². The molecular formula is C32H45F2N7. The lowest BCUT2D eigenvalue weighted by Gasteiger charge is -2.37. The van der Waals surface area contributed by atoms with E-state index in [1.807, 2.05) is 7.05 Å². The molecule has 2 saturated carbocycles. The average Bonchev–Trinajstić information content (AvgIpc) is 3.59. The number of piperazine rings is 1. The van der Waals surface area contributed by atoms with Gasteiger partial charge in [0.2, 0.25) is 5.95 Å². The van der Waals surface area contributed by atoms with E-state index in [0.29, 0.717) is 28.4 Å². The van der Waals surface area contributed by atoms with Crippen LogP contribution in [0.2, 0.25) is 0 Å². The molecule has 41 heavy (non-hydrogen) atoms. The number of halogens is 2. The summed E-state index contributed by atoms with van der Waals surface area (Å²) in [6, 6.07) is 12.2. The summed E-state index contributed by atoms with van der Waals surface area (Å²) in [4.78, 5) is 15.4. The summed E-state index contributed by atoms with van der Waals surface area (Å²) < 4.78 is 27.9. The van der Waals surface area contributed by atoms with Crippen molar-refractivity contribution in [3.05, 3.63) is 59.2 Å².